The van der Waals surface area contributed by atoms with E-state index in [0.29, 0.717) is 30.5 Å². The Kier molecular flexibility index (Phi) is 2.64. The van der Waals surface area contributed by atoms with Crippen LogP contribution in [-0.4, -0.2) is 22.2 Å². The van der Waals surface area contributed by atoms with Gasteiger partial charge in [0.05, 0.1) is 11.8 Å². The van der Waals surface area contributed by atoms with Crippen molar-refractivity contribution in [3.05, 3.63) is 29.8 Å². The minimum absolute atomic E-state index is 0.320. The topological polar surface area (TPSA) is 45.2 Å². The summed E-state index contributed by atoms with van der Waals surface area (Å²) >= 11 is 0. The summed E-state index contributed by atoms with van der Waals surface area (Å²) in [4.78, 5) is 3.74. The first-order valence-electron chi connectivity index (χ1n) is 6.26. The van der Waals surface area contributed by atoms with Crippen LogP contribution in [0, 0.1) is 5.82 Å². The van der Waals surface area contributed by atoms with Crippen molar-refractivity contribution < 1.29 is 9.50 Å². The third-order valence-electron chi connectivity index (χ3n) is 4.02. The van der Waals surface area contributed by atoms with Crippen LogP contribution in [0.5, 0.6) is 0 Å². The molecule has 2 aliphatic rings. The summed E-state index contributed by atoms with van der Waals surface area (Å²) in [5.74, 6) is -0.394. The molecule has 3 rings (SSSR count). The summed E-state index contributed by atoms with van der Waals surface area (Å²) in [5.41, 5.74) is -0.612. The number of aliphatic hydroxyl groups is 1. The number of fused-ring (bicyclic) bond motifs is 2. The normalized spacial score (nSPS) is 36.8. The summed E-state index contributed by atoms with van der Waals surface area (Å²) in [5, 5.41) is 14.2. The highest BCUT2D eigenvalue weighted by Gasteiger charge is 2.42. The fourth-order valence-corrected chi connectivity index (χ4v) is 3.30. The molecule has 0 saturated carbocycles. The largest absolute Gasteiger partial charge is 0.385 e. The summed E-state index contributed by atoms with van der Waals surface area (Å²) in [6.07, 6.45) is 7.29. The lowest BCUT2D eigenvalue weighted by Gasteiger charge is -2.45. The Morgan fingerprint density at radius 3 is 2.71 bits per heavy atom. The second-order valence-corrected chi connectivity index (χ2v) is 5.29. The number of rotatable bonds is 1. The van der Waals surface area contributed by atoms with Gasteiger partial charge in [-0.1, -0.05) is 6.42 Å². The van der Waals surface area contributed by atoms with Crippen molar-refractivity contribution in [2.45, 2.75) is 49.8 Å². The number of hydrogen-bond acceptors (Lipinski definition) is 3. The highest BCUT2D eigenvalue weighted by atomic mass is 19.1. The van der Waals surface area contributed by atoms with Crippen molar-refractivity contribution >= 4 is 0 Å². The zero-order valence-electron chi connectivity index (χ0n) is 9.69. The minimum Gasteiger partial charge on any atom is -0.385 e. The highest BCUT2D eigenvalue weighted by Crippen LogP contribution is 2.40. The molecule has 0 amide bonds. The van der Waals surface area contributed by atoms with Crippen LogP contribution in [0.3, 0.4) is 0 Å². The number of aromatic nitrogens is 1. The maximum atomic E-state index is 13.8. The van der Waals surface area contributed by atoms with Crippen LogP contribution in [0.4, 0.5) is 4.39 Å². The number of pyridine rings is 1. The van der Waals surface area contributed by atoms with E-state index in [4.69, 9.17) is 0 Å². The average Bonchev–Trinajstić information content (AvgIpc) is 2.28. The monoisotopic (exact) mass is 236 g/mol. The number of nitrogens with one attached hydrogen (secondary N) is 1. The van der Waals surface area contributed by atoms with Gasteiger partial charge in [-0.3, -0.25) is 4.98 Å². The number of halogens is 1. The number of piperidine rings is 2. The molecule has 0 spiro atoms. The van der Waals surface area contributed by atoms with Crippen LogP contribution in [0.15, 0.2) is 18.5 Å². The maximum Gasteiger partial charge on any atom is 0.147 e. The van der Waals surface area contributed by atoms with E-state index in [-0.39, 0.29) is 0 Å². The lowest BCUT2D eigenvalue weighted by molar-refractivity contribution is -0.0384. The summed E-state index contributed by atoms with van der Waals surface area (Å²) in [6, 6.07) is 2.25. The number of hydrogen-bond donors (Lipinski definition) is 2. The van der Waals surface area contributed by atoms with Gasteiger partial charge in [0.2, 0.25) is 0 Å². The highest BCUT2D eigenvalue weighted by molar-refractivity contribution is 5.23. The fourth-order valence-electron chi connectivity index (χ4n) is 3.30. The van der Waals surface area contributed by atoms with Gasteiger partial charge in [0.25, 0.3) is 0 Å². The minimum atomic E-state index is -1.02. The first kappa shape index (κ1) is 11.1. The quantitative estimate of drug-likeness (QED) is 0.780. The average molecular weight is 236 g/mol. The van der Waals surface area contributed by atoms with Crippen LogP contribution in [0.1, 0.15) is 37.7 Å². The molecule has 0 radical (unpaired) electrons. The molecule has 2 saturated heterocycles. The van der Waals surface area contributed by atoms with E-state index in [0.717, 1.165) is 12.8 Å². The molecule has 0 aromatic carbocycles. The number of nitrogens with zero attached hydrogens (tertiary/aromatic N) is 1. The van der Waals surface area contributed by atoms with Gasteiger partial charge in [-0.25, -0.2) is 4.39 Å². The van der Waals surface area contributed by atoms with Gasteiger partial charge in [0, 0.05) is 23.8 Å². The zero-order valence-corrected chi connectivity index (χ0v) is 9.69. The molecule has 2 unspecified atom stereocenters. The van der Waals surface area contributed by atoms with Crippen molar-refractivity contribution in [3.8, 4) is 0 Å². The van der Waals surface area contributed by atoms with E-state index in [2.05, 4.69) is 10.3 Å². The van der Waals surface area contributed by atoms with Crippen LogP contribution < -0.4 is 5.32 Å². The zero-order chi connectivity index (χ0) is 11.9. The maximum absolute atomic E-state index is 13.8. The van der Waals surface area contributed by atoms with Gasteiger partial charge < -0.3 is 10.4 Å². The van der Waals surface area contributed by atoms with E-state index in [1.165, 1.54) is 12.6 Å². The first-order chi connectivity index (χ1) is 8.17. The third-order valence-corrected chi connectivity index (χ3v) is 4.02. The van der Waals surface area contributed by atoms with Gasteiger partial charge in [-0.15, -0.1) is 0 Å². The summed E-state index contributed by atoms with van der Waals surface area (Å²) in [6.45, 7) is 0. The molecule has 3 nitrogen and oxygen atoms in total. The molecule has 4 heteroatoms. The summed E-state index contributed by atoms with van der Waals surface area (Å²) in [7, 11) is 0. The first-order valence-corrected chi connectivity index (χ1v) is 6.26. The summed E-state index contributed by atoms with van der Waals surface area (Å²) < 4.78 is 13.8. The van der Waals surface area contributed by atoms with Gasteiger partial charge in [-0.05, 0) is 31.7 Å². The van der Waals surface area contributed by atoms with Crippen molar-refractivity contribution in [1.29, 1.82) is 0 Å². The van der Waals surface area contributed by atoms with E-state index in [1.807, 2.05) is 0 Å². The Bertz CT molecular complexity index is 412. The molecular weight excluding hydrogens is 219 g/mol. The molecule has 2 N–H and O–H groups in total. The molecule has 1 aromatic rings. The van der Waals surface area contributed by atoms with Crippen molar-refractivity contribution in [1.82, 2.24) is 10.3 Å². The second-order valence-electron chi connectivity index (χ2n) is 5.29. The van der Waals surface area contributed by atoms with Gasteiger partial charge >= 0.3 is 0 Å². The van der Waals surface area contributed by atoms with Crippen LogP contribution >= 0.6 is 0 Å². The van der Waals surface area contributed by atoms with E-state index < -0.39 is 11.4 Å². The Labute approximate surface area is 100 Å². The fraction of sp³-hybridized carbons (Fsp3) is 0.615. The molecule has 2 fully saturated rings. The van der Waals surface area contributed by atoms with Crippen LogP contribution in [0.2, 0.25) is 0 Å². The van der Waals surface area contributed by atoms with Crippen molar-refractivity contribution in [2.24, 2.45) is 0 Å². The Balaban J connectivity index is 1.93. The molecule has 2 atom stereocenters. The SMILES string of the molecule is OC1(c2ccncc2F)CC2CCCC(C1)N2. The van der Waals surface area contributed by atoms with E-state index in [1.54, 1.807) is 12.3 Å². The van der Waals surface area contributed by atoms with Crippen LogP contribution in [-0.2, 0) is 5.60 Å². The molecule has 2 aliphatic heterocycles. The molecule has 3 heterocycles. The molecule has 2 bridgehead atoms. The Morgan fingerprint density at radius 2 is 2.06 bits per heavy atom. The third kappa shape index (κ3) is 1.96. The standard InChI is InChI=1S/C13H17FN2O/c14-12-8-15-5-4-11(12)13(17)6-9-2-1-3-10(7-13)16-9/h4-5,8-10,16-17H,1-3,6-7H2. The van der Waals surface area contributed by atoms with Crippen molar-refractivity contribution in [3.63, 3.8) is 0 Å². The van der Waals surface area contributed by atoms with Crippen molar-refractivity contribution in [2.75, 3.05) is 0 Å². The lowest BCUT2D eigenvalue weighted by atomic mass is 9.74. The molecular formula is C13H17FN2O. The lowest BCUT2D eigenvalue weighted by Crippen LogP contribution is -2.54. The Hall–Kier alpha value is -1.00. The van der Waals surface area contributed by atoms with Gasteiger partial charge in [0.15, 0.2) is 0 Å². The second kappa shape index (κ2) is 4.03. The predicted octanol–water partition coefficient (Wildman–Crippen LogP) is 1.71. The molecule has 92 valence electrons. The van der Waals surface area contributed by atoms with E-state index >= 15 is 0 Å². The smallest absolute Gasteiger partial charge is 0.147 e. The molecule has 1 aromatic heterocycles. The Morgan fingerprint density at radius 1 is 1.35 bits per heavy atom. The van der Waals surface area contributed by atoms with Crippen LogP contribution in [0.25, 0.3) is 0 Å². The molecule has 17 heavy (non-hydrogen) atoms. The molecule has 0 aliphatic carbocycles. The van der Waals surface area contributed by atoms with Gasteiger partial charge in [-0.2, -0.15) is 0 Å². The predicted molar refractivity (Wildman–Crippen MR) is 61.9 cm³/mol. The van der Waals surface area contributed by atoms with Gasteiger partial charge in [0.1, 0.15) is 5.82 Å². The van der Waals surface area contributed by atoms with E-state index in [9.17, 15) is 9.50 Å².